The maximum Gasteiger partial charge on any atom is 0.497 e. The quantitative estimate of drug-likeness (QED) is 0.320. The fourth-order valence-corrected chi connectivity index (χ4v) is 5.09. The molecule has 0 spiro atoms. The molecule has 2 fully saturated rings. The van der Waals surface area contributed by atoms with Crippen LogP contribution in [0.15, 0.2) is 72.8 Å². The molecule has 0 unspecified atom stereocenters. The smallest absolute Gasteiger partial charge is 0.399 e. The van der Waals surface area contributed by atoms with Gasteiger partial charge in [0, 0.05) is 22.1 Å². The number of hydrogen-bond acceptors (Lipinski definition) is 6. The Morgan fingerprint density at radius 1 is 0.450 bits per heavy atom. The van der Waals surface area contributed by atoms with Crippen molar-refractivity contribution in [2.45, 2.75) is 77.8 Å². The molecule has 0 saturated carbocycles. The molecule has 2 aliphatic rings. The molecular weight excluding hydrogens is 498 g/mol. The number of hydrogen-bond donors (Lipinski definition) is 0. The highest BCUT2D eigenvalue weighted by Gasteiger charge is 2.54. The van der Waals surface area contributed by atoms with Crippen LogP contribution in [0.2, 0.25) is 0 Å². The monoisotopic (exact) mass is 534 g/mol. The Bertz CT molecular complexity index is 1420. The lowest BCUT2D eigenvalue weighted by molar-refractivity contribution is 0.00578. The van der Waals surface area contributed by atoms with E-state index in [2.05, 4.69) is 79.7 Å². The Balaban J connectivity index is 1.63. The van der Waals surface area contributed by atoms with Crippen LogP contribution in [0.25, 0.3) is 33.5 Å². The fourth-order valence-electron chi connectivity index (χ4n) is 5.09. The number of benzene rings is 3. The van der Waals surface area contributed by atoms with Crippen LogP contribution in [-0.4, -0.2) is 46.6 Å². The Kier molecular flexibility index (Phi) is 6.28. The van der Waals surface area contributed by atoms with E-state index < -0.39 is 36.6 Å². The number of fused-ring (bicyclic) bond motifs is 1. The summed E-state index contributed by atoms with van der Waals surface area (Å²) in [5.74, 6) is 0. The Labute approximate surface area is 237 Å². The largest absolute Gasteiger partial charge is 0.497 e. The Morgan fingerprint density at radius 3 is 1.05 bits per heavy atom. The maximum absolute atomic E-state index is 6.50. The summed E-state index contributed by atoms with van der Waals surface area (Å²) >= 11 is 0. The van der Waals surface area contributed by atoms with Gasteiger partial charge in [-0.1, -0.05) is 72.8 Å². The summed E-state index contributed by atoms with van der Waals surface area (Å²) in [7, 11) is -1.19. The molecule has 8 heteroatoms. The molecule has 4 aromatic rings. The van der Waals surface area contributed by atoms with Gasteiger partial charge < -0.3 is 18.6 Å². The predicted octanol–water partition coefficient (Wildman–Crippen LogP) is 5.56. The molecule has 0 N–H and O–H groups in total. The summed E-state index contributed by atoms with van der Waals surface area (Å²) < 4.78 is 26.0. The lowest BCUT2D eigenvalue weighted by Crippen LogP contribution is -2.41. The lowest BCUT2D eigenvalue weighted by Gasteiger charge is -2.32. The maximum atomic E-state index is 6.50. The van der Waals surface area contributed by atoms with Crippen LogP contribution in [-0.2, 0) is 18.6 Å². The molecule has 0 atom stereocenters. The first-order valence-electron chi connectivity index (χ1n) is 14.0. The van der Waals surface area contributed by atoms with Crippen LogP contribution in [0.5, 0.6) is 0 Å². The normalized spacial score (nSPS) is 20.8. The van der Waals surface area contributed by atoms with Crippen molar-refractivity contribution < 1.29 is 18.6 Å². The van der Waals surface area contributed by atoms with Gasteiger partial charge in [-0.25, -0.2) is 9.97 Å². The predicted molar refractivity (Wildman–Crippen MR) is 162 cm³/mol. The third kappa shape index (κ3) is 4.38. The highest BCUT2D eigenvalue weighted by molar-refractivity contribution is 6.68. The van der Waals surface area contributed by atoms with Crippen molar-refractivity contribution in [2.75, 3.05) is 0 Å². The van der Waals surface area contributed by atoms with E-state index in [4.69, 9.17) is 28.6 Å². The molecule has 0 radical (unpaired) electrons. The number of rotatable bonds is 4. The summed E-state index contributed by atoms with van der Waals surface area (Å²) in [6.07, 6.45) is 0. The van der Waals surface area contributed by atoms with Crippen LogP contribution >= 0.6 is 0 Å². The Hall–Kier alpha value is -3.03. The average molecular weight is 534 g/mol. The summed E-state index contributed by atoms with van der Waals surface area (Å²) in [6.45, 7) is 16.5. The van der Waals surface area contributed by atoms with E-state index in [1.54, 1.807) is 0 Å². The number of aromatic nitrogens is 2. The Morgan fingerprint density at radius 2 is 0.750 bits per heavy atom. The van der Waals surface area contributed by atoms with Crippen molar-refractivity contribution in [1.82, 2.24) is 9.97 Å². The summed E-state index contributed by atoms with van der Waals surface area (Å²) in [6, 6.07) is 24.4. The number of nitrogens with zero attached hydrogens (tertiary/aromatic N) is 2. The molecular formula is C32H36B2N2O4. The zero-order valence-electron chi connectivity index (χ0n) is 24.6. The van der Waals surface area contributed by atoms with Gasteiger partial charge in [0.2, 0.25) is 0 Å². The van der Waals surface area contributed by atoms with Crippen molar-refractivity contribution in [1.29, 1.82) is 0 Å². The van der Waals surface area contributed by atoms with Gasteiger partial charge in [0.1, 0.15) is 0 Å². The van der Waals surface area contributed by atoms with Crippen molar-refractivity contribution in [2.24, 2.45) is 0 Å². The molecule has 6 nitrogen and oxygen atoms in total. The first kappa shape index (κ1) is 27.2. The molecule has 0 amide bonds. The van der Waals surface area contributed by atoms with Crippen LogP contribution in [0, 0.1) is 0 Å². The second-order valence-corrected chi connectivity index (χ2v) is 12.8. The molecule has 40 heavy (non-hydrogen) atoms. The summed E-state index contributed by atoms with van der Waals surface area (Å²) in [5.41, 5.74) is 4.68. The third-order valence-electron chi connectivity index (χ3n) is 8.99. The van der Waals surface area contributed by atoms with E-state index in [1.165, 1.54) is 0 Å². The average Bonchev–Trinajstić information content (AvgIpc) is 3.27. The highest BCUT2D eigenvalue weighted by atomic mass is 16.7. The zero-order chi connectivity index (χ0) is 28.5. The van der Waals surface area contributed by atoms with Gasteiger partial charge in [-0.05, 0) is 55.4 Å². The minimum atomic E-state index is -0.597. The van der Waals surface area contributed by atoms with Gasteiger partial charge in [0.25, 0.3) is 0 Å². The van der Waals surface area contributed by atoms with Crippen molar-refractivity contribution in [3.63, 3.8) is 0 Å². The van der Waals surface area contributed by atoms with Gasteiger partial charge in [0.05, 0.1) is 44.8 Å². The topological polar surface area (TPSA) is 62.7 Å². The highest BCUT2D eigenvalue weighted by Crippen LogP contribution is 2.39. The van der Waals surface area contributed by atoms with Crippen LogP contribution in [0.3, 0.4) is 0 Å². The first-order valence-corrected chi connectivity index (χ1v) is 14.0. The molecule has 6 rings (SSSR count). The van der Waals surface area contributed by atoms with E-state index in [1.807, 2.05) is 48.5 Å². The second-order valence-electron chi connectivity index (χ2n) is 12.8. The fraction of sp³-hybridized carbons (Fsp3) is 0.375. The molecule has 204 valence electrons. The summed E-state index contributed by atoms with van der Waals surface area (Å²) in [4.78, 5) is 10.7. The van der Waals surface area contributed by atoms with Crippen molar-refractivity contribution in [3.05, 3.63) is 72.8 Å². The van der Waals surface area contributed by atoms with E-state index in [9.17, 15) is 0 Å². The van der Waals surface area contributed by atoms with Crippen LogP contribution < -0.4 is 10.9 Å². The van der Waals surface area contributed by atoms with Crippen LogP contribution in [0.1, 0.15) is 55.4 Å². The minimum Gasteiger partial charge on any atom is -0.399 e. The molecule has 3 aromatic carbocycles. The SMILES string of the molecule is CC1(C)OB(c2ccc(B3OC(C)(C)C(C)(C)O3)c3nc(-c4ccccc4)c(-c4ccccc4)nc23)OC1(C)C. The first-order chi connectivity index (χ1) is 18.8. The molecule has 0 bridgehead atoms. The molecule has 2 aliphatic heterocycles. The van der Waals surface area contributed by atoms with E-state index in [0.29, 0.717) is 11.0 Å². The molecule has 1 aromatic heterocycles. The van der Waals surface area contributed by atoms with Gasteiger partial charge in [0.15, 0.2) is 0 Å². The molecule has 3 heterocycles. The summed E-state index contributed by atoms with van der Waals surface area (Å²) in [5, 5.41) is 0. The van der Waals surface area contributed by atoms with E-state index >= 15 is 0 Å². The third-order valence-corrected chi connectivity index (χ3v) is 8.99. The van der Waals surface area contributed by atoms with Crippen molar-refractivity contribution >= 4 is 36.2 Å². The minimum absolute atomic E-state index is 0.492. The van der Waals surface area contributed by atoms with Gasteiger partial charge in [-0.15, -0.1) is 0 Å². The zero-order valence-corrected chi connectivity index (χ0v) is 24.6. The van der Waals surface area contributed by atoms with Gasteiger partial charge in [-0.3, -0.25) is 0 Å². The van der Waals surface area contributed by atoms with Gasteiger partial charge >= 0.3 is 14.2 Å². The van der Waals surface area contributed by atoms with E-state index in [0.717, 1.165) is 33.4 Å². The molecule has 0 aliphatic carbocycles. The van der Waals surface area contributed by atoms with E-state index in [-0.39, 0.29) is 0 Å². The lowest BCUT2D eigenvalue weighted by atomic mass is 9.72. The van der Waals surface area contributed by atoms with Crippen molar-refractivity contribution in [3.8, 4) is 22.5 Å². The van der Waals surface area contributed by atoms with Crippen LogP contribution in [0.4, 0.5) is 0 Å². The van der Waals surface area contributed by atoms with Gasteiger partial charge in [-0.2, -0.15) is 0 Å². The molecule has 2 saturated heterocycles. The standard InChI is InChI=1S/C32H36B2N2O4/c1-29(2)30(3,4)38-33(37-29)23-19-20-24(34-39-31(5,6)32(7,8)40-34)28-27(23)35-25(21-15-11-9-12-16-21)26(36-28)22-17-13-10-14-18-22/h9-20H,1-8H3. The second kappa shape index (κ2) is 9.25.